The Balaban J connectivity index is 2.26. The van der Waals surface area contributed by atoms with Gasteiger partial charge in [0.2, 0.25) is 0 Å². The molecule has 0 spiro atoms. The zero-order valence-corrected chi connectivity index (χ0v) is 11.0. The summed E-state index contributed by atoms with van der Waals surface area (Å²) in [6.07, 6.45) is 0. The van der Waals surface area contributed by atoms with Crippen molar-refractivity contribution in [1.82, 2.24) is 14.8 Å². The van der Waals surface area contributed by atoms with E-state index in [9.17, 15) is 9.90 Å². The monoisotopic (exact) mass is 271 g/mol. The van der Waals surface area contributed by atoms with Crippen LogP contribution in [0.25, 0.3) is 22.2 Å². The number of hydrogen-bond donors (Lipinski definition) is 3. The molecule has 6 nitrogen and oxygen atoms in total. The van der Waals surface area contributed by atoms with Crippen LogP contribution >= 0.6 is 0 Å². The standard InChI is InChI=1S/C14H13N3O3/c1-7-13(9-4-3-8(18)5-10(9)15-7)11-6-12(14(19)20)17(2)16-11/h3-6,15,18H,1-2H3,(H,19,20). The number of nitrogens with one attached hydrogen (secondary N) is 1. The van der Waals surface area contributed by atoms with E-state index in [0.29, 0.717) is 5.69 Å². The Morgan fingerprint density at radius 2 is 2.10 bits per heavy atom. The number of H-pyrrole nitrogens is 1. The highest BCUT2D eigenvalue weighted by molar-refractivity contribution is 5.98. The third-order valence-electron chi connectivity index (χ3n) is 3.32. The van der Waals surface area contributed by atoms with Gasteiger partial charge in [-0.2, -0.15) is 5.10 Å². The fraction of sp³-hybridized carbons (Fsp3) is 0.143. The molecule has 0 bridgehead atoms. The summed E-state index contributed by atoms with van der Waals surface area (Å²) in [4.78, 5) is 14.3. The second-order valence-electron chi connectivity index (χ2n) is 4.70. The number of carboxylic acid groups (broad SMARTS) is 1. The number of aromatic carboxylic acids is 1. The molecule has 0 amide bonds. The summed E-state index contributed by atoms with van der Waals surface area (Å²) in [5, 5.41) is 23.8. The molecule has 102 valence electrons. The second-order valence-corrected chi connectivity index (χ2v) is 4.70. The summed E-state index contributed by atoms with van der Waals surface area (Å²) < 4.78 is 1.34. The predicted molar refractivity (Wildman–Crippen MR) is 73.9 cm³/mol. The van der Waals surface area contributed by atoms with Gasteiger partial charge >= 0.3 is 5.97 Å². The Hall–Kier alpha value is -2.76. The molecule has 2 heterocycles. The van der Waals surface area contributed by atoms with Crippen LogP contribution < -0.4 is 0 Å². The average Bonchev–Trinajstić information content (AvgIpc) is 2.88. The van der Waals surface area contributed by atoms with Crippen molar-refractivity contribution in [1.29, 1.82) is 0 Å². The summed E-state index contributed by atoms with van der Waals surface area (Å²) >= 11 is 0. The van der Waals surface area contributed by atoms with Gasteiger partial charge in [-0.1, -0.05) is 0 Å². The third-order valence-corrected chi connectivity index (χ3v) is 3.32. The van der Waals surface area contributed by atoms with Crippen molar-refractivity contribution >= 4 is 16.9 Å². The Kier molecular flexibility index (Phi) is 2.53. The van der Waals surface area contributed by atoms with Crippen LogP contribution in [0.5, 0.6) is 5.75 Å². The molecule has 2 aromatic heterocycles. The van der Waals surface area contributed by atoms with Gasteiger partial charge in [0.25, 0.3) is 0 Å². The number of phenols is 1. The largest absolute Gasteiger partial charge is 0.508 e. The fourth-order valence-corrected chi connectivity index (χ4v) is 2.44. The lowest BCUT2D eigenvalue weighted by molar-refractivity contribution is 0.0685. The third kappa shape index (κ3) is 1.73. The number of benzene rings is 1. The summed E-state index contributed by atoms with van der Waals surface area (Å²) in [6.45, 7) is 1.89. The van der Waals surface area contributed by atoms with Gasteiger partial charge < -0.3 is 15.2 Å². The topological polar surface area (TPSA) is 91.1 Å². The normalized spacial score (nSPS) is 11.1. The second kappa shape index (κ2) is 4.12. The fourth-order valence-electron chi connectivity index (χ4n) is 2.44. The van der Waals surface area contributed by atoms with Crippen molar-refractivity contribution in [2.24, 2.45) is 7.05 Å². The molecule has 0 saturated carbocycles. The molecule has 0 fully saturated rings. The molecule has 0 aliphatic carbocycles. The zero-order chi connectivity index (χ0) is 14.4. The first-order chi connectivity index (χ1) is 9.47. The van der Waals surface area contributed by atoms with Crippen LogP contribution in [-0.4, -0.2) is 30.9 Å². The van der Waals surface area contributed by atoms with Crippen molar-refractivity contribution < 1.29 is 15.0 Å². The molecule has 20 heavy (non-hydrogen) atoms. The number of aromatic amines is 1. The molecule has 0 unspecified atom stereocenters. The zero-order valence-electron chi connectivity index (χ0n) is 11.0. The van der Waals surface area contributed by atoms with Gasteiger partial charge in [-0.3, -0.25) is 4.68 Å². The quantitative estimate of drug-likeness (QED) is 0.666. The maximum atomic E-state index is 11.1. The molecule has 0 aliphatic heterocycles. The van der Waals surface area contributed by atoms with E-state index in [0.717, 1.165) is 22.2 Å². The summed E-state index contributed by atoms with van der Waals surface area (Å²) in [7, 11) is 1.60. The van der Waals surface area contributed by atoms with Gasteiger partial charge in [0.05, 0.1) is 5.69 Å². The number of phenolic OH excluding ortho intramolecular Hbond substituents is 1. The number of hydrogen-bond acceptors (Lipinski definition) is 3. The first-order valence-electron chi connectivity index (χ1n) is 6.06. The van der Waals surface area contributed by atoms with E-state index in [1.165, 1.54) is 4.68 Å². The van der Waals surface area contributed by atoms with Crippen LogP contribution in [0.3, 0.4) is 0 Å². The van der Waals surface area contributed by atoms with Crippen molar-refractivity contribution in [3.05, 3.63) is 35.7 Å². The molecule has 0 saturated heterocycles. The van der Waals surface area contributed by atoms with E-state index in [1.54, 1.807) is 31.3 Å². The molecule has 0 atom stereocenters. The van der Waals surface area contributed by atoms with E-state index in [4.69, 9.17) is 5.11 Å². The van der Waals surface area contributed by atoms with E-state index in [2.05, 4.69) is 10.1 Å². The number of aromatic nitrogens is 3. The van der Waals surface area contributed by atoms with Crippen molar-refractivity contribution in [3.8, 4) is 17.0 Å². The van der Waals surface area contributed by atoms with E-state index in [1.807, 2.05) is 6.92 Å². The lowest BCUT2D eigenvalue weighted by Crippen LogP contribution is -2.04. The van der Waals surface area contributed by atoms with Gasteiger partial charge in [0, 0.05) is 35.3 Å². The van der Waals surface area contributed by atoms with Gasteiger partial charge in [-0.15, -0.1) is 0 Å². The number of carbonyl (C=O) groups is 1. The maximum Gasteiger partial charge on any atom is 0.354 e. The molecular weight excluding hydrogens is 258 g/mol. The van der Waals surface area contributed by atoms with Crippen molar-refractivity contribution in [2.45, 2.75) is 6.92 Å². The lowest BCUT2D eigenvalue weighted by atomic mass is 10.1. The summed E-state index contributed by atoms with van der Waals surface area (Å²) in [6, 6.07) is 6.57. The van der Waals surface area contributed by atoms with Crippen LogP contribution in [0.4, 0.5) is 0 Å². The van der Waals surface area contributed by atoms with Gasteiger partial charge in [0.1, 0.15) is 11.4 Å². The SMILES string of the molecule is Cc1[nH]c2cc(O)ccc2c1-c1cc(C(=O)O)n(C)n1. The number of nitrogens with zero attached hydrogens (tertiary/aromatic N) is 2. The van der Waals surface area contributed by atoms with Crippen molar-refractivity contribution in [3.63, 3.8) is 0 Å². The molecule has 3 N–H and O–H groups in total. The minimum absolute atomic E-state index is 0.132. The van der Waals surface area contributed by atoms with Crippen LogP contribution in [-0.2, 0) is 7.05 Å². The average molecular weight is 271 g/mol. The Morgan fingerprint density at radius 1 is 1.35 bits per heavy atom. The first-order valence-corrected chi connectivity index (χ1v) is 6.06. The molecule has 1 aromatic carbocycles. The Labute approximate surface area is 114 Å². The summed E-state index contributed by atoms with van der Waals surface area (Å²) in [5.74, 6) is -0.834. The van der Waals surface area contributed by atoms with E-state index < -0.39 is 5.97 Å². The lowest BCUT2D eigenvalue weighted by Gasteiger charge is -1.97. The molecule has 6 heteroatoms. The maximum absolute atomic E-state index is 11.1. The Morgan fingerprint density at radius 3 is 2.75 bits per heavy atom. The highest BCUT2D eigenvalue weighted by atomic mass is 16.4. The molecule has 3 rings (SSSR count). The molecular formula is C14H13N3O3. The van der Waals surface area contributed by atoms with Gasteiger partial charge in [0.15, 0.2) is 0 Å². The van der Waals surface area contributed by atoms with Crippen LogP contribution in [0.2, 0.25) is 0 Å². The van der Waals surface area contributed by atoms with Crippen molar-refractivity contribution in [2.75, 3.05) is 0 Å². The van der Waals surface area contributed by atoms with Crippen LogP contribution in [0.15, 0.2) is 24.3 Å². The number of rotatable bonds is 2. The predicted octanol–water partition coefficient (Wildman–Crippen LogP) is 2.28. The first kappa shape index (κ1) is 12.3. The number of aromatic hydroxyl groups is 1. The minimum atomic E-state index is -1.01. The summed E-state index contributed by atoms with van der Waals surface area (Å²) in [5.41, 5.74) is 3.25. The van der Waals surface area contributed by atoms with E-state index in [-0.39, 0.29) is 11.4 Å². The van der Waals surface area contributed by atoms with E-state index >= 15 is 0 Å². The number of carboxylic acids is 1. The van der Waals surface area contributed by atoms with Crippen LogP contribution in [0, 0.1) is 6.92 Å². The van der Waals surface area contributed by atoms with Crippen LogP contribution in [0.1, 0.15) is 16.2 Å². The van der Waals surface area contributed by atoms with Gasteiger partial charge in [-0.25, -0.2) is 4.79 Å². The molecule has 0 aliphatic rings. The highest BCUT2D eigenvalue weighted by Crippen LogP contribution is 2.33. The number of aryl methyl sites for hydroxylation is 2. The molecule has 0 radical (unpaired) electrons. The highest BCUT2D eigenvalue weighted by Gasteiger charge is 2.17. The molecule has 3 aromatic rings. The van der Waals surface area contributed by atoms with Gasteiger partial charge in [-0.05, 0) is 25.1 Å². The minimum Gasteiger partial charge on any atom is -0.508 e. The Bertz CT molecular complexity index is 830. The number of fused-ring (bicyclic) bond motifs is 1. The smallest absolute Gasteiger partial charge is 0.354 e.